The number of rotatable bonds is 7. The summed E-state index contributed by atoms with van der Waals surface area (Å²) >= 11 is 0. The molecule has 0 rings (SSSR count). The molecule has 0 bridgehead atoms. The standard InChI is InChI=1S/C16H33NO3Si/c1-12(2)10-11-17-14(15(18)19-7)13(3)20-21(8,9)16(4,5)6/h10,13-14,17H,11H2,1-9H3/t13-,14+/m1/s1. The molecule has 0 aromatic carbocycles. The fourth-order valence-corrected chi connectivity index (χ4v) is 3.09. The highest BCUT2D eigenvalue weighted by Crippen LogP contribution is 2.37. The van der Waals surface area contributed by atoms with Crippen molar-refractivity contribution in [2.75, 3.05) is 13.7 Å². The third-order valence-corrected chi connectivity index (χ3v) is 8.63. The number of carbonyl (C=O) groups excluding carboxylic acids is 1. The van der Waals surface area contributed by atoms with Crippen LogP contribution in [-0.4, -0.2) is 40.1 Å². The summed E-state index contributed by atoms with van der Waals surface area (Å²) < 4.78 is 11.2. The monoisotopic (exact) mass is 315 g/mol. The molecule has 4 nitrogen and oxygen atoms in total. The Balaban J connectivity index is 4.92. The Morgan fingerprint density at radius 3 is 2.19 bits per heavy atom. The van der Waals surface area contributed by atoms with Crippen LogP contribution in [0, 0.1) is 0 Å². The zero-order valence-electron chi connectivity index (χ0n) is 15.2. The lowest BCUT2D eigenvalue weighted by Crippen LogP contribution is -2.52. The number of nitrogens with one attached hydrogen (secondary N) is 1. The summed E-state index contributed by atoms with van der Waals surface area (Å²) in [5.74, 6) is -0.275. The van der Waals surface area contributed by atoms with Crippen LogP contribution in [0.25, 0.3) is 0 Å². The Morgan fingerprint density at radius 2 is 1.81 bits per heavy atom. The normalized spacial score (nSPS) is 15.3. The van der Waals surface area contributed by atoms with E-state index in [-0.39, 0.29) is 17.1 Å². The van der Waals surface area contributed by atoms with E-state index in [1.807, 2.05) is 20.8 Å². The topological polar surface area (TPSA) is 47.6 Å². The van der Waals surface area contributed by atoms with E-state index in [2.05, 4.69) is 45.3 Å². The third kappa shape index (κ3) is 6.76. The molecule has 2 atom stereocenters. The Morgan fingerprint density at radius 1 is 1.29 bits per heavy atom. The molecule has 0 amide bonds. The summed E-state index contributed by atoms with van der Waals surface area (Å²) in [7, 11) is -0.500. The van der Waals surface area contributed by atoms with E-state index in [1.54, 1.807) is 0 Å². The molecule has 0 saturated heterocycles. The molecule has 0 radical (unpaired) electrons. The van der Waals surface area contributed by atoms with E-state index >= 15 is 0 Å². The Bertz CT molecular complexity index is 368. The van der Waals surface area contributed by atoms with Crippen molar-refractivity contribution in [3.05, 3.63) is 11.6 Å². The van der Waals surface area contributed by atoms with Crippen LogP contribution >= 0.6 is 0 Å². The molecule has 1 N–H and O–H groups in total. The van der Waals surface area contributed by atoms with Crippen molar-refractivity contribution in [3.63, 3.8) is 0 Å². The van der Waals surface area contributed by atoms with Crippen molar-refractivity contribution in [2.24, 2.45) is 0 Å². The van der Waals surface area contributed by atoms with Gasteiger partial charge in [-0.2, -0.15) is 0 Å². The molecule has 5 heteroatoms. The number of ether oxygens (including phenoxy) is 1. The van der Waals surface area contributed by atoms with Gasteiger partial charge in [0.05, 0.1) is 13.2 Å². The predicted octanol–water partition coefficient (Wildman–Crippen LogP) is 3.49. The van der Waals surface area contributed by atoms with Gasteiger partial charge in [0, 0.05) is 6.54 Å². The smallest absolute Gasteiger partial charge is 0.325 e. The summed E-state index contributed by atoms with van der Waals surface area (Å²) in [5.41, 5.74) is 1.21. The maximum absolute atomic E-state index is 12.0. The fourth-order valence-electron chi connectivity index (χ4n) is 1.67. The molecular formula is C16H33NO3Si. The summed E-state index contributed by atoms with van der Waals surface area (Å²) in [4.78, 5) is 12.0. The number of allylic oxidation sites excluding steroid dienone is 1. The molecule has 0 aliphatic rings. The van der Waals surface area contributed by atoms with Crippen molar-refractivity contribution in [1.82, 2.24) is 5.32 Å². The predicted molar refractivity (Wildman–Crippen MR) is 91.0 cm³/mol. The number of esters is 1. The van der Waals surface area contributed by atoms with E-state index in [1.165, 1.54) is 12.7 Å². The molecule has 0 aromatic heterocycles. The highest BCUT2D eigenvalue weighted by atomic mass is 28.4. The average Bonchev–Trinajstić information content (AvgIpc) is 2.31. The molecule has 0 unspecified atom stereocenters. The van der Waals surface area contributed by atoms with Gasteiger partial charge >= 0.3 is 5.97 Å². The van der Waals surface area contributed by atoms with Gasteiger partial charge in [-0.25, -0.2) is 0 Å². The Kier molecular flexibility index (Phi) is 7.85. The van der Waals surface area contributed by atoms with Gasteiger partial charge in [-0.15, -0.1) is 0 Å². The van der Waals surface area contributed by atoms with Crippen LogP contribution in [0.1, 0.15) is 41.5 Å². The number of methoxy groups -OCH3 is 1. The quantitative estimate of drug-likeness (QED) is 0.444. The fraction of sp³-hybridized carbons (Fsp3) is 0.812. The lowest BCUT2D eigenvalue weighted by Gasteiger charge is -2.40. The van der Waals surface area contributed by atoms with Gasteiger partial charge in [0.1, 0.15) is 6.04 Å². The average molecular weight is 316 g/mol. The van der Waals surface area contributed by atoms with Crippen LogP contribution in [0.3, 0.4) is 0 Å². The number of carbonyl (C=O) groups is 1. The second-order valence-corrected chi connectivity index (χ2v) is 12.0. The Hall–Kier alpha value is -0.653. The maximum Gasteiger partial charge on any atom is 0.325 e. The lowest BCUT2D eigenvalue weighted by molar-refractivity contribution is -0.145. The molecule has 0 spiro atoms. The summed E-state index contributed by atoms with van der Waals surface area (Å²) in [5, 5.41) is 3.33. The van der Waals surface area contributed by atoms with E-state index in [9.17, 15) is 4.79 Å². The van der Waals surface area contributed by atoms with Crippen LogP contribution in [0.15, 0.2) is 11.6 Å². The van der Waals surface area contributed by atoms with Crippen molar-refractivity contribution >= 4 is 14.3 Å². The maximum atomic E-state index is 12.0. The van der Waals surface area contributed by atoms with Crippen LogP contribution in [-0.2, 0) is 14.0 Å². The van der Waals surface area contributed by atoms with Gasteiger partial charge in [0.25, 0.3) is 0 Å². The number of hydrogen-bond acceptors (Lipinski definition) is 4. The molecule has 0 heterocycles. The van der Waals surface area contributed by atoms with Crippen molar-refractivity contribution in [2.45, 2.75) is 71.8 Å². The van der Waals surface area contributed by atoms with Crippen molar-refractivity contribution in [1.29, 1.82) is 0 Å². The lowest BCUT2D eigenvalue weighted by atomic mass is 10.2. The first-order valence-corrected chi connectivity index (χ1v) is 10.5. The molecule has 0 aliphatic heterocycles. The first-order valence-electron chi connectivity index (χ1n) is 7.54. The Labute approximate surface area is 131 Å². The highest BCUT2D eigenvalue weighted by molar-refractivity contribution is 6.74. The van der Waals surface area contributed by atoms with Crippen LogP contribution in [0.2, 0.25) is 18.1 Å². The van der Waals surface area contributed by atoms with E-state index in [0.717, 1.165) is 0 Å². The second kappa shape index (κ2) is 8.10. The molecule has 124 valence electrons. The molecule has 21 heavy (non-hydrogen) atoms. The molecule has 0 aliphatic carbocycles. The summed E-state index contributed by atoms with van der Waals surface area (Å²) in [6, 6.07) is -0.445. The SMILES string of the molecule is COC(=O)[C@@H](NCC=C(C)C)[C@@H](C)O[Si](C)(C)C(C)(C)C. The largest absolute Gasteiger partial charge is 0.468 e. The first kappa shape index (κ1) is 20.3. The van der Waals surface area contributed by atoms with Crippen LogP contribution in [0.5, 0.6) is 0 Å². The van der Waals surface area contributed by atoms with E-state index in [4.69, 9.17) is 9.16 Å². The van der Waals surface area contributed by atoms with Crippen LogP contribution < -0.4 is 5.32 Å². The van der Waals surface area contributed by atoms with Gasteiger partial charge < -0.3 is 9.16 Å². The van der Waals surface area contributed by atoms with Gasteiger partial charge in [-0.05, 0) is 38.9 Å². The van der Waals surface area contributed by atoms with Gasteiger partial charge in [-0.3, -0.25) is 10.1 Å². The van der Waals surface area contributed by atoms with E-state index < -0.39 is 14.4 Å². The third-order valence-electron chi connectivity index (χ3n) is 4.06. The van der Waals surface area contributed by atoms with E-state index in [0.29, 0.717) is 6.54 Å². The minimum absolute atomic E-state index is 0.113. The van der Waals surface area contributed by atoms with Gasteiger partial charge in [-0.1, -0.05) is 32.4 Å². The minimum Gasteiger partial charge on any atom is -0.468 e. The first-order chi connectivity index (χ1) is 9.42. The minimum atomic E-state index is -1.91. The van der Waals surface area contributed by atoms with Gasteiger partial charge in [0.2, 0.25) is 0 Å². The zero-order valence-corrected chi connectivity index (χ0v) is 16.2. The van der Waals surface area contributed by atoms with Crippen molar-refractivity contribution in [3.8, 4) is 0 Å². The molecular weight excluding hydrogens is 282 g/mol. The second-order valence-electron chi connectivity index (χ2n) is 7.27. The molecule has 0 fully saturated rings. The zero-order chi connectivity index (χ0) is 16.8. The van der Waals surface area contributed by atoms with Crippen LogP contribution in [0.4, 0.5) is 0 Å². The molecule has 0 aromatic rings. The number of hydrogen-bond donors (Lipinski definition) is 1. The molecule has 0 saturated carbocycles. The van der Waals surface area contributed by atoms with Crippen molar-refractivity contribution < 1.29 is 14.0 Å². The highest BCUT2D eigenvalue weighted by Gasteiger charge is 2.40. The summed E-state index contributed by atoms with van der Waals surface area (Å²) in [6.45, 7) is 17.6. The summed E-state index contributed by atoms with van der Waals surface area (Å²) in [6.07, 6.45) is 1.83. The van der Waals surface area contributed by atoms with Gasteiger partial charge in [0.15, 0.2) is 8.32 Å².